The highest BCUT2D eigenvalue weighted by Gasteiger charge is 2.21. The van der Waals surface area contributed by atoms with E-state index in [2.05, 4.69) is 28.8 Å². The number of amides is 1. The molecule has 2 N–H and O–H groups in total. The molecular weight excluding hydrogens is 446 g/mol. The standard InChI is InChI=1S/C24H32ClN3O3S/c1-17-5-8-21(9-6-17)32(30,31)27-23-10-7-20(14-22(23)25)24(29)26-11-4-12-28-15-18(2)13-19(3)16-28/h5-10,14,18-19,27H,4,11-13,15-16H2,1-3H3,(H,26,29)/t18-,19-/m1/s1. The van der Waals surface area contributed by atoms with E-state index in [0.717, 1.165) is 43.5 Å². The quantitative estimate of drug-likeness (QED) is 0.547. The lowest BCUT2D eigenvalue weighted by molar-refractivity contribution is 0.0947. The number of nitrogens with zero attached hydrogens (tertiary/aromatic N) is 1. The lowest BCUT2D eigenvalue weighted by Crippen LogP contribution is -2.40. The van der Waals surface area contributed by atoms with E-state index in [0.29, 0.717) is 12.1 Å². The molecule has 1 heterocycles. The van der Waals surface area contributed by atoms with Crippen LogP contribution in [0.15, 0.2) is 47.4 Å². The zero-order valence-electron chi connectivity index (χ0n) is 18.9. The number of hydrogen-bond donors (Lipinski definition) is 2. The fourth-order valence-corrected chi connectivity index (χ4v) is 5.61. The van der Waals surface area contributed by atoms with Crippen LogP contribution in [0.4, 0.5) is 5.69 Å². The Morgan fingerprint density at radius 3 is 2.38 bits per heavy atom. The minimum Gasteiger partial charge on any atom is -0.352 e. The molecule has 0 aromatic heterocycles. The van der Waals surface area contributed by atoms with Crippen LogP contribution in [0.5, 0.6) is 0 Å². The lowest BCUT2D eigenvalue weighted by Gasteiger charge is -2.34. The summed E-state index contributed by atoms with van der Waals surface area (Å²) in [6.45, 7) is 10.3. The van der Waals surface area contributed by atoms with Crippen LogP contribution in [-0.4, -0.2) is 45.4 Å². The first-order valence-corrected chi connectivity index (χ1v) is 12.9. The van der Waals surface area contributed by atoms with Gasteiger partial charge in [-0.25, -0.2) is 8.42 Å². The molecule has 1 saturated heterocycles. The Hall–Kier alpha value is -2.09. The average molecular weight is 478 g/mol. The molecule has 1 amide bonds. The minimum absolute atomic E-state index is 0.151. The first-order valence-electron chi connectivity index (χ1n) is 11.0. The molecule has 2 atom stereocenters. The molecule has 0 bridgehead atoms. The molecule has 2 aromatic rings. The second-order valence-electron chi connectivity index (χ2n) is 8.93. The molecule has 174 valence electrons. The number of piperidine rings is 1. The first-order chi connectivity index (χ1) is 15.1. The monoisotopic (exact) mass is 477 g/mol. The van der Waals surface area contributed by atoms with Crippen molar-refractivity contribution in [2.75, 3.05) is 30.9 Å². The highest BCUT2D eigenvalue weighted by Crippen LogP contribution is 2.26. The Kier molecular flexibility index (Phi) is 8.20. The van der Waals surface area contributed by atoms with Crippen LogP contribution < -0.4 is 10.0 Å². The van der Waals surface area contributed by atoms with Gasteiger partial charge < -0.3 is 10.2 Å². The molecule has 6 nitrogen and oxygen atoms in total. The van der Waals surface area contributed by atoms with Crippen molar-refractivity contribution in [3.8, 4) is 0 Å². The van der Waals surface area contributed by atoms with Gasteiger partial charge in [-0.2, -0.15) is 0 Å². The molecule has 1 aliphatic rings. The number of nitrogens with one attached hydrogen (secondary N) is 2. The van der Waals surface area contributed by atoms with Gasteiger partial charge in [-0.05, 0) is 68.5 Å². The van der Waals surface area contributed by atoms with Gasteiger partial charge in [-0.3, -0.25) is 9.52 Å². The van der Waals surface area contributed by atoms with Gasteiger partial charge in [0.05, 0.1) is 15.6 Å². The van der Waals surface area contributed by atoms with Crippen molar-refractivity contribution in [2.45, 2.75) is 38.5 Å². The third-order valence-electron chi connectivity index (χ3n) is 5.69. The summed E-state index contributed by atoms with van der Waals surface area (Å²) in [4.78, 5) is 15.1. The predicted molar refractivity (Wildman–Crippen MR) is 130 cm³/mol. The molecule has 0 aliphatic carbocycles. The van der Waals surface area contributed by atoms with E-state index in [1.165, 1.54) is 18.6 Å². The van der Waals surface area contributed by atoms with Gasteiger partial charge in [0.1, 0.15) is 0 Å². The maximum absolute atomic E-state index is 12.6. The number of aryl methyl sites for hydroxylation is 1. The Bertz CT molecular complexity index is 1030. The second kappa shape index (κ2) is 10.7. The number of benzene rings is 2. The van der Waals surface area contributed by atoms with Crippen LogP contribution in [0.3, 0.4) is 0 Å². The predicted octanol–water partition coefficient (Wildman–Crippen LogP) is 4.55. The maximum atomic E-state index is 12.6. The molecule has 0 saturated carbocycles. The number of sulfonamides is 1. The van der Waals surface area contributed by atoms with E-state index in [4.69, 9.17) is 11.6 Å². The summed E-state index contributed by atoms with van der Waals surface area (Å²) < 4.78 is 27.6. The van der Waals surface area contributed by atoms with Gasteiger partial charge in [0.2, 0.25) is 0 Å². The number of carbonyl (C=O) groups excluding carboxylic acids is 1. The molecule has 2 aromatic carbocycles. The number of rotatable bonds is 8. The summed E-state index contributed by atoms with van der Waals surface area (Å²) in [5, 5.41) is 3.10. The molecule has 1 fully saturated rings. The number of anilines is 1. The van der Waals surface area contributed by atoms with Crippen LogP contribution in [0.25, 0.3) is 0 Å². The summed E-state index contributed by atoms with van der Waals surface area (Å²) in [7, 11) is -3.76. The summed E-state index contributed by atoms with van der Waals surface area (Å²) in [5.74, 6) is 1.22. The fourth-order valence-electron chi connectivity index (χ4n) is 4.24. The molecular formula is C24H32ClN3O3S. The van der Waals surface area contributed by atoms with Gasteiger partial charge in [0.25, 0.3) is 15.9 Å². The van der Waals surface area contributed by atoms with Crippen LogP contribution in [0, 0.1) is 18.8 Å². The molecule has 0 radical (unpaired) electrons. The van der Waals surface area contributed by atoms with Crippen LogP contribution in [0.2, 0.25) is 5.02 Å². The number of likely N-dealkylation sites (tertiary alicyclic amines) is 1. The van der Waals surface area contributed by atoms with Gasteiger partial charge in [-0.1, -0.05) is 43.1 Å². The maximum Gasteiger partial charge on any atom is 0.261 e. The fraction of sp³-hybridized carbons (Fsp3) is 0.458. The SMILES string of the molecule is Cc1ccc(S(=O)(=O)Nc2ccc(C(=O)NCCCN3C[C@H](C)C[C@@H](C)C3)cc2Cl)cc1. The third kappa shape index (κ3) is 6.70. The van der Waals surface area contributed by atoms with Crippen LogP contribution >= 0.6 is 11.6 Å². The van der Waals surface area contributed by atoms with Crippen LogP contribution in [-0.2, 0) is 10.0 Å². The Balaban J connectivity index is 1.52. The van der Waals surface area contributed by atoms with Gasteiger partial charge >= 0.3 is 0 Å². The van der Waals surface area contributed by atoms with E-state index >= 15 is 0 Å². The molecule has 8 heteroatoms. The highest BCUT2D eigenvalue weighted by molar-refractivity contribution is 7.92. The Morgan fingerprint density at radius 1 is 1.09 bits per heavy atom. The average Bonchev–Trinajstić information content (AvgIpc) is 2.72. The molecule has 3 rings (SSSR count). The largest absolute Gasteiger partial charge is 0.352 e. The number of hydrogen-bond acceptors (Lipinski definition) is 4. The number of halogens is 1. The summed E-state index contributed by atoms with van der Waals surface area (Å²) >= 11 is 6.27. The normalized spacial score (nSPS) is 19.5. The minimum atomic E-state index is -3.76. The smallest absolute Gasteiger partial charge is 0.261 e. The number of carbonyl (C=O) groups is 1. The van der Waals surface area contributed by atoms with E-state index in [1.54, 1.807) is 30.3 Å². The zero-order valence-corrected chi connectivity index (χ0v) is 20.5. The van der Waals surface area contributed by atoms with Gasteiger partial charge in [-0.15, -0.1) is 0 Å². The van der Waals surface area contributed by atoms with Crippen molar-refractivity contribution < 1.29 is 13.2 Å². The first kappa shape index (κ1) is 24.6. The lowest BCUT2D eigenvalue weighted by atomic mass is 9.92. The zero-order chi connectivity index (χ0) is 23.3. The van der Waals surface area contributed by atoms with Crippen molar-refractivity contribution in [3.05, 3.63) is 58.6 Å². The van der Waals surface area contributed by atoms with Crippen molar-refractivity contribution in [3.63, 3.8) is 0 Å². The molecule has 0 unspecified atom stereocenters. The summed E-state index contributed by atoms with van der Waals surface area (Å²) in [6, 6.07) is 11.1. The molecule has 1 aliphatic heterocycles. The topological polar surface area (TPSA) is 78.5 Å². The van der Waals surface area contributed by atoms with Crippen molar-refractivity contribution in [2.24, 2.45) is 11.8 Å². The van der Waals surface area contributed by atoms with E-state index in [-0.39, 0.29) is 21.5 Å². The summed E-state index contributed by atoms with van der Waals surface area (Å²) in [5.41, 5.74) is 1.60. The summed E-state index contributed by atoms with van der Waals surface area (Å²) in [6.07, 6.45) is 2.17. The van der Waals surface area contributed by atoms with Crippen molar-refractivity contribution >= 4 is 33.2 Å². The third-order valence-corrected chi connectivity index (χ3v) is 7.38. The molecule has 0 spiro atoms. The van der Waals surface area contributed by atoms with E-state index < -0.39 is 10.0 Å². The van der Waals surface area contributed by atoms with E-state index in [1.807, 2.05) is 6.92 Å². The van der Waals surface area contributed by atoms with Gasteiger partial charge in [0.15, 0.2) is 0 Å². The van der Waals surface area contributed by atoms with Crippen molar-refractivity contribution in [1.29, 1.82) is 0 Å². The Morgan fingerprint density at radius 2 is 1.75 bits per heavy atom. The van der Waals surface area contributed by atoms with Gasteiger partial charge in [0, 0.05) is 25.2 Å². The van der Waals surface area contributed by atoms with Crippen molar-refractivity contribution in [1.82, 2.24) is 10.2 Å². The molecule has 32 heavy (non-hydrogen) atoms. The highest BCUT2D eigenvalue weighted by atomic mass is 35.5. The van der Waals surface area contributed by atoms with Crippen LogP contribution in [0.1, 0.15) is 42.6 Å². The Labute approximate surface area is 196 Å². The second-order valence-corrected chi connectivity index (χ2v) is 11.0. The van der Waals surface area contributed by atoms with E-state index in [9.17, 15) is 13.2 Å².